The van der Waals surface area contributed by atoms with Gasteiger partial charge >= 0.3 is 0 Å². The van der Waals surface area contributed by atoms with Gasteiger partial charge in [0.25, 0.3) is 0 Å². The van der Waals surface area contributed by atoms with Gasteiger partial charge in [0.15, 0.2) is 0 Å². The first kappa shape index (κ1) is 17.3. The second-order valence-corrected chi connectivity index (χ2v) is 4.56. The second kappa shape index (κ2) is 10.0. The van der Waals surface area contributed by atoms with Crippen molar-refractivity contribution < 1.29 is 19.0 Å². The minimum atomic E-state index is -0.1000. The van der Waals surface area contributed by atoms with Gasteiger partial charge in [-0.15, -0.1) is 0 Å². The molecule has 0 bridgehead atoms. The van der Waals surface area contributed by atoms with Crippen molar-refractivity contribution in [3.63, 3.8) is 0 Å². The van der Waals surface area contributed by atoms with E-state index in [0.29, 0.717) is 43.4 Å². The topological polar surface area (TPSA) is 56.8 Å². The summed E-state index contributed by atoms with van der Waals surface area (Å²) in [5, 5.41) is 2.85. The molecule has 0 atom stereocenters. The SMILES string of the molecule is CCCCOc1ccc(OC)cc1NC(=O)CCOCC. The van der Waals surface area contributed by atoms with Gasteiger partial charge in [-0.3, -0.25) is 4.79 Å². The van der Waals surface area contributed by atoms with E-state index >= 15 is 0 Å². The molecule has 0 aliphatic rings. The van der Waals surface area contributed by atoms with E-state index < -0.39 is 0 Å². The van der Waals surface area contributed by atoms with Crippen LogP contribution in [-0.4, -0.2) is 32.8 Å². The first-order chi connectivity index (χ1) is 10.2. The standard InChI is InChI=1S/C16H25NO4/c1-4-6-10-21-15-8-7-13(19-3)12-14(15)17-16(18)9-11-20-5-2/h7-8,12H,4-6,9-11H2,1-3H3,(H,17,18). The molecular weight excluding hydrogens is 270 g/mol. The van der Waals surface area contributed by atoms with Crippen molar-refractivity contribution in [3.8, 4) is 11.5 Å². The number of unbranched alkanes of at least 4 members (excludes halogenated alkanes) is 1. The molecule has 118 valence electrons. The fraction of sp³-hybridized carbons (Fsp3) is 0.562. The van der Waals surface area contributed by atoms with Crippen LogP contribution in [0.25, 0.3) is 0 Å². The van der Waals surface area contributed by atoms with E-state index in [1.54, 1.807) is 13.2 Å². The number of carbonyl (C=O) groups excluding carboxylic acids is 1. The quantitative estimate of drug-likeness (QED) is 0.673. The Morgan fingerprint density at radius 3 is 2.71 bits per heavy atom. The summed E-state index contributed by atoms with van der Waals surface area (Å²) in [4.78, 5) is 11.9. The number of hydrogen-bond acceptors (Lipinski definition) is 4. The number of methoxy groups -OCH3 is 1. The van der Waals surface area contributed by atoms with Crippen molar-refractivity contribution in [1.82, 2.24) is 0 Å². The third kappa shape index (κ3) is 6.49. The van der Waals surface area contributed by atoms with Gasteiger partial charge < -0.3 is 19.5 Å². The van der Waals surface area contributed by atoms with Crippen LogP contribution >= 0.6 is 0 Å². The smallest absolute Gasteiger partial charge is 0.226 e. The summed E-state index contributed by atoms with van der Waals surface area (Å²) in [6.45, 7) is 5.66. The molecule has 5 heteroatoms. The Morgan fingerprint density at radius 1 is 1.24 bits per heavy atom. The molecule has 1 rings (SSSR count). The van der Waals surface area contributed by atoms with E-state index in [-0.39, 0.29) is 5.91 Å². The maximum atomic E-state index is 11.9. The van der Waals surface area contributed by atoms with Gasteiger partial charge in [-0.1, -0.05) is 13.3 Å². The normalized spacial score (nSPS) is 10.2. The lowest BCUT2D eigenvalue weighted by Crippen LogP contribution is -2.15. The Hall–Kier alpha value is -1.75. The second-order valence-electron chi connectivity index (χ2n) is 4.56. The third-order valence-electron chi connectivity index (χ3n) is 2.89. The largest absolute Gasteiger partial charge is 0.497 e. The van der Waals surface area contributed by atoms with Crippen LogP contribution < -0.4 is 14.8 Å². The fourth-order valence-electron chi connectivity index (χ4n) is 1.71. The first-order valence-electron chi connectivity index (χ1n) is 7.39. The summed E-state index contributed by atoms with van der Waals surface area (Å²) in [7, 11) is 1.59. The lowest BCUT2D eigenvalue weighted by molar-refractivity contribution is -0.117. The van der Waals surface area contributed by atoms with Gasteiger partial charge in [-0.25, -0.2) is 0 Å². The lowest BCUT2D eigenvalue weighted by atomic mass is 10.2. The van der Waals surface area contributed by atoms with Crippen molar-refractivity contribution in [2.45, 2.75) is 33.1 Å². The summed E-state index contributed by atoms with van der Waals surface area (Å²) in [5.74, 6) is 1.24. The van der Waals surface area contributed by atoms with Crippen LogP contribution in [0.5, 0.6) is 11.5 Å². The highest BCUT2D eigenvalue weighted by Gasteiger charge is 2.09. The number of carbonyl (C=O) groups is 1. The number of rotatable bonds is 10. The zero-order chi connectivity index (χ0) is 15.5. The van der Waals surface area contributed by atoms with Gasteiger partial charge in [0.1, 0.15) is 11.5 Å². The zero-order valence-electron chi connectivity index (χ0n) is 13.1. The Morgan fingerprint density at radius 2 is 2.05 bits per heavy atom. The van der Waals surface area contributed by atoms with E-state index in [1.807, 2.05) is 19.1 Å². The zero-order valence-corrected chi connectivity index (χ0v) is 13.1. The van der Waals surface area contributed by atoms with Crippen LogP contribution in [0.3, 0.4) is 0 Å². The first-order valence-corrected chi connectivity index (χ1v) is 7.39. The third-order valence-corrected chi connectivity index (χ3v) is 2.89. The molecule has 0 saturated heterocycles. The summed E-state index contributed by atoms with van der Waals surface area (Å²) in [6, 6.07) is 5.39. The Kier molecular flexibility index (Phi) is 8.28. The van der Waals surface area contributed by atoms with E-state index in [2.05, 4.69) is 12.2 Å². The van der Waals surface area contributed by atoms with E-state index in [9.17, 15) is 4.79 Å². The number of nitrogens with one attached hydrogen (secondary N) is 1. The molecular formula is C16H25NO4. The Labute approximate surface area is 126 Å². The summed E-state index contributed by atoms with van der Waals surface area (Å²) in [6.07, 6.45) is 2.36. The van der Waals surface area contributed by atoms with E-state index in [1.165, 1.54) is 0 Å². The predicted molar refractivity (Wildman–Crippen MR) is 83.1 cm³/mol. The molecule has 0 spiro atoms. The summed E-state index contributed by atoms with van der Waals surface area (Å²) < 4.78 is 16.1. The maximum Gasteiger partial charge on any atom is 0.226 e. The fourth-order valence-corrected chi connectivity index (χ4v) is 1.71. The molecule has 0 aromatic heterocycles. The van der Waals surface area contributed by atoms with Crippen LogP contribution in [0.4, 0.5) is 5.69 Å². The highest BCUT2D eigenvalue weighted by molar-refractivity contribution is 5.92. The number of anilines is 1. The van der Waals surface area contributed by atoms with Crippen molar-refractivity contribution >= 4 is 11.6 Å². The van der Waals surface area contributed by atoms with Crippen LogP contribution in [0, 0.1) is 0 Å². The minimum absolute atomic E-state index is 0.1000. The molecule has 1 aromatic rings. The molecule has 5 nitrogen and oxygen atoms in total. The predicted octanol–water partition coefficient (Wildman–Crippen LogP) is 3.24. The molecule has 21 heavy (non-hydrogen) atoms. The Bertz CT molecular complexity index is 434. The highest BCUT2D eigenvalue weighted by atomic mass is 16.5. The monoisotopic (exact) mass is 295 g/mol. The van der Waals surface area contributed by atoms with Gasteiger partial charge in [-0.05, 0) is 25.5 Å². The van der Waals surface area contributed by atoms with Crippen molar-refractivity contribution in [3.05, 3.63) is 18.2 Å². The number of benzene rings is 1. The van der Waals surface area contributed by atoms with E-state index in [0.717, 1.165) is 12.8 Å². The van der Waals surface area contributed by atoms with Crippen LogP contribution in [0.2, 0.25) is 0 Å². The number of hydrogen-bond donors (Lipinski definition) is 1. The molecule has 0 aliphatic carbocycles. The molecule has 0 radical (unpaired) electrons. The van der Waals surface area contributed by atoms with Gasteiger partial charge in [0.05, 0.1) is 32.4 Å². The number of amides is 1. The molecule has 1 N–H and O–H groups in total. The van der Waals surface area contributed by atoms with Gasteiger partial charge in [-0.2, -0.15) is 0 Å². The Balaban J connectivity index is 2.68. The molecule has 1 aromatic carbocycles. The molecule has 0 saturated carbocycles. The van der Waals surface area contributed by atoms with Crippen molar-refractivity contribution in [1.29, 1.82) is 0 Å². The van der Waals surface area contributed by atoms with Gasteiger partial charge in [0, 0.05) is 12.7 Å². The molecule has 0 aliphatic heterocycles. The summed E-state index contributed by atoms with van der Waals surface area (Å²) >= 11 is 0. The molecule has 0 unspecified atom stereocenters. The molecule has 1 amide bonds. The van der Waals surface area contributed by atoms with E-state index in [4.69, 9.17) is 14.2 Å². The molecule has 0 heterocycles. The molecule has 0 fully saturated rings. The van der Waals surface area contributed by atoms with Crippen LogP contribution in [0.1, 0.15) is 33.1 Å². The van der Waals surface area contributed by atoms with Crippen molar-refractivity contribution in [2.75, 3.05) is 32.2 Å². The van der Waals surface area contributed by atoms with Gasteiger partial charge in [0.2, 0.25) is 5.91 Å². The average Bonchev–Trinajstić information content (AvgIpc) is 2.49. The lowest BCUT2D eigenvalue weighted by Gasteiger charge is -2.13. The number of ether oxygens (including phenoxy) is 3. The minimum Gasteiger partial charge on any atom is -0.497 e. The average molecular weight is 295 g/mol. The van der Waals surface area contributed by atoms with Crippen molar-refractivity contribution in [2.24, 2.45) is 0 Å². The summed E-state index contributed by atoms with van der Waals surface area (Å²) in [5.41, 5.74) is 0.631. The maximum absolute atomic E-state index is 11.9. The highest BCUT2D eigenvalue weighted by Crippen LogP contribution is 2.29. The van der Waals surface area contributed by atoms with Crippen LogP contribution in [0.15, 0.2) is 18.2 Å². The van der Waals surface area contributed by atoms with Crippen LogP contribution in [-0.2, 0) is 9.53 Å².